The molecule has 0 fully saturated rings. The van der Waals surface area contributed by atoms with Crippen molar-refractivity contribution in [2.24, 2.45) is 0 Å². The number of aromatic nitrogens is 1. The normalized spacial score (nSPS) is 13.3. The predicted octanol–water partition coefficient (Wildman–Crippen LogP) is 3.61. The van der Waals surface area contributed by atoms with Gasteiger partial charge in [0.15, 0.2) is 5.78 Å². The van der Waals surface area contributed by atoms with Crippen LogP contribution >= 0.6 is 0 Å². The number of aryl methyl sites for hydroxylation is 4. The summed E-state index contributed by atoms with van der Waals surface area (Å²) in [4.78, 5) is 16.7. The first-order valence-corrected chi connectivity index (χ1v) is 7.20. The highest BCUT2D eigenvalue weighted by Crippen LogP contribution is 2.23. The Bertz CT molecular complexity index is 673. The number of ketones is 1. The van der Waals surface area contributed by atoms with Gasteiger partial charge >= 0.3 is 0 Å². The van der Waals surface area contributed by atoms with E-state index in [0.29, 0.717) is 12.1 Å². The van der Waals surface area contributed by atoms with E-state index in [-0.39, 0.29) is 5.78 Å². The number of fused-ring (bicyclic) bond motifs is 1. The van der Waals surface area contributed by atoms with Gasteiger partial charge in [-0.25, -0.2) is 0 Å². The van der Waals surface area contributed by atoms with E-state index in [4.69, 9.17) is 0 Å². The van der Waals surface area contributed by atoms with Crippen LogP contribution in [0.1, 0.15) is 44.7 Å². The molecule has 0 spiro atoms. The molecule has 2 nitrogen and oxygen atoms in total. The third kappa shape index (κ3) is 2.51. The lowest BCUT2D eigenvalue weighted by Crippen LogP contribution is -2.08. The molecule has 0 aliphatic heterocycles. The van der Waals surface area contributed by atoms with Crippen LogP contribution < -0.4 is 0 Å². The monoisotopic (exact) mass is 265 g/mol. The molecule has 0 saturated carbocycles. The molecular weight excluding hydrogens is 246 g/mol. The molecule has 1 aromatic heterocycles. The van der Waals surface area contributed by atoms with Crippen LogP contribution in [0, 0.1) is 13.8 Å². The van der Waals surface area contributed by atoms with Crippen molar-refractivity contribution in [2.45, 2.75) is 39.5 Å². The minimum atomic E-state index is 0.112. The van der Waals surface area contributed by atoms with E-state index in [1.807, 2.05) is 19.9 Å². The fourth-order valence-corrected chi connectivity index (χ4v) is 3.01. The van der Waals surface area contributed by atoms with Gasteiger partial charge in [0.2, 0.25) is 0 Å². The standard InChI is InChI=1S/C18H19NO/c1-12-8-13(2)18(19-11-12)17(20)10-14-6-7-15-4-3-5-16(15)9-14/h6-9,11H,3-5,10H2,1-2H3. The molecule has 2 heteroatoms. The molecule has 0 atom stereocenters. The van der Waals surface area contributed by atoms with E-state index in [9.17, 15) is 4.79 Å². The summed E-state index contributed by atoms with van der Waals surface area (Å²) in [5.74, 6) is 0.112. The fraction of sp³-hybridized carbons (Fsp3) is 0.333. The highest BCUT2D eigenvalue weighted by atomic mass is 16.1. The van der Waals surface area contributed by atoms with Crippen LogP contribution in [0.15, 0.2) is 30.5 Å². The number of hydrogen-bond donors (Lipinski definition) is 0. The van der Waals surface area contributed by atoms with Crippen molar-refractivity contribution >= 4 is 5.78 Å². The SMILES string of the molecule is Cc1cnc(C(=O)Cc2ccc3c(c2)CCC3)c(C)c1. The Hall–Kier alpha value is -1.96. The third-order valence-electron chi connectivity index (χ3n) is 4.01. The van der Waals surface area contributed by atoms with Crippen LogP contribution in [0.25, 0.3) is 0 Å². The summed E-state index contributed by atoms with van der Waals surface area (Å²) in [7, 11) is 0. The molecule has 1 aliphatic rings. The quantitative estimate of drug-likeness (QED) is 0.793. The van der Waals surface area contributed by atoms with Crippen molar-refractivity contribution in [3.05, 3.63) is 64.0 Å². The topological polar surface area (TPSA) is 30.0 Å². The van der Waals surface area contributed by atoms with Gasteiger partial charge in [0.25, 0.3) is 0 Å². The van der Waals surface area contributed by atoms with Gasteiger partial charge in [-0.15, -0.1) is 0 Å². The first-order valence-electron chi connectivity index (χ1n) is 7.20. The molecule has 3 rings (SSSR count). The number of pyridine rings is 1. The van der Waals surface area contributed by atoms with Crippen LogP contribution in [0.5, 0.6) is 0 Å². The molecule has 0 unspecified atom stereocenters. The molecule has 0 amide bonds. The van der Waals surface area contributed by atoms with E-state index < -0.39 is 0 Å². The first-order chi connectivity index (χ1) is 9.63. The lowest BCUT2D eigenvalue weighted by atomic mass is 10.00. The Labute approximate surface area is 119 Å². The predicted molar refractivity (Wildman–Crippen MR) is 80.2 cm³/mol. The lowest BCUT2D eigenvalue weighted by Gasteiger charge is -2.07. The third-order valence-corrected chi connectivity index (χ3v) is 4.01. The minimum absolute atomic E-state index is 0.112. The summed E-state index contributed by atoms with van der Waals surface area (Å²) < 4.78 is 0. The van der Waals surface area contributed by atoms with E-state index in [0.717, 1.165) is 23.1 Å². The van der Waals surface area contributed by atoms with Gasteiger partial charge in [0.1, 0.15) is 5.69 Å². The number of carbonyl (C=O) groups is 1. The van der Waals surface area contributed by atoms with Crippen LogP contribution in [-0.2, 0) is 19.3 Å². The van der Waals surface area contributed by atoms with Crippen molar-refractivity contribution in [3.8, 4) is 0 Å². The summed E-state index contributed by atoms with van der Waals surface area (Å²) in [6.45, 7) is 3.95. The Kier molecular flexibility index (Phi) is 3.39. The van der Waals surface area contributed by atoms with Crippen LogP contribution in [0.2, 0.25) is 0 Å². The summed E-state index contributed by atoms with van der Waals surface area (Å²) in [6, 6.07) is 8.48. The molecule has 0 bridgehead atoms. The Morgan fingerprint density at radius 3 is 2.75 bits per heavy atom. The fourth-order valence-electron chi connectivity index (χ4n) is 3.01. The zero-order chi connectivity index (χ0) is 14.1. The number of rotatable bonds is 3. The molecule has 102 valence electrons. The summed E-state index contributed by atoms with van der Waals surface area (Å²) in [5.41, 5.74) is 6.65. The number of nitrogens with zero attached hydrogens (tertiary/aromatic N) is 1. The van der Waals surface area contributed by atoms with Crippen LogP contribution in [0.4, 0.5) is 0 Å². The first kappa shape index (κ1) is 13.0. The molecule has 0 saturated heterocycles. The molecule has 2 aromatic rings. The highest BCUT2D eigenvalue weighted by molar-refractivity contribution is 5.97. The number of hydrogen-bond acceptors (Lipinski definition) is 2. The Morgan fingerprint density at radius 1 is 1.15 bits per heavy atom. The minimum Gasteiger partial charge on any atom is -0.292 e. The molecule has 0 N–H and O–H groups in total. The van der Waals surface area contributed by atoms with Crippen molar-refractivity contribution in [1.82, 2.24) is 4.98 Å². The summed E-state index contributed by atoms with van der Waals surface area (Å²) >= 11 is 0. The number of Topliss-reactive ketones (excluding diaryl/α,β-unsaturated/α-hetero) is 1. The zero-order valence-electron chi connectivity index (χ0n) is 12.1. The summed E-state index contributed by atoms with van der Waals surface area (Å²) in [5, 5.41) is 0. The van der Waals surface area contributed by atoms with Gasteiger partial charge in [-0.2, -0.15) is 0 Å². The number of benzene rings is 1. The van der Waals surface area contributed by atoms with Gasteiger partial charge in [-0.05, 0) is 60.9 Å². The maximum absolute atomic E-state index is 12.4. The van der Waals surface area contributed by atoms with Crippen molar-refractivity contribution in [1.29, 1.82) is 0 Å². The average molecular weight is 265 g/mol. The molecule has 1 aliphatic carbocycles. The van der Waals surface area contributed by atoms with E-state index in [2.05, 4.69) is 23.2 Å². The highest BCUT2D eigenvalue weighted by Gasteiger charge is 2.15. The zero-order valence-corrected chi connectivity index (χ0v) is 12.1. The smallest absolute Gasteiger partial charge is 0.185 e. The second kappa shape index (κ2) is 5.20. The van der Waals surface area contributed by atoms with Crippen LogP contribution in [0.3, 0.4) is 0 Å². The second-order valence-corrected chi connectivity index (χ2v) is 5.73. The van der Waals surface area contributed by atoms with Crippen molar-refractivity contribution < 1.29 is 4.79 Å². The molecule has 1 aromatic carbocycles. The largest absolute Gasteiger partial charge is 0.292 e. The van der Waals surface area contributed by atoms with Crippen LogP contribution in [-0.4, -0.2) is 10.8 Å². The van der Waals surface area contributed by atoms with Gasteiger partial charge in [0.05, 0.1) is 0 Å². The Balaban J connectivity index is 1.82. The maximum atomic E-state index is 12.4. The van der Waals surface area contributed by atoms with Gasteiger partial charge < -0.3 is 0 Å². The van der Waals surface area contributed by atoms with Gasteiger partial charge in [0, 0.05) is 12.6 Å². The van der Waals surface area contributed by atoms with E-state index >= 15 is 0 Å². The van der Waals surface area contributed by atoms with E-state index in [1.165, 1.54) is 24.0 Å². The molecule has 20 heavy (non-hydrogen) atoms. The van der Waals surface area contributed by atoms with Crippen molar-refractivity contribution in [3.63, 3.8) is 0 Å². The van der Waals surface area contributed by atoms with Crippen molar-refractivity contribution in [2.75, 3.05) is 0 Å². The van der Waals surface area contributed by atoms with E-state index in [1.54, 1.807) is 6.20 Å². The van der Waals surface area contributed by atoms with Gasteiger partial charge in [-0.1, -0.05) is 24.3 Å². The number of carbonyl (C=O) groups excluding carboxylic acids is 1. The molecular formula is C18H19NO. The molecule has 0 radical (unpaired) electrons. The second-order valence-electron chi connectivity index (χ2n) is 5.73. The average Bonchev–Trinajstić information content (AvgIpc) is 2.85. The summed E-state index contributed by atoms with van der Waals surface area (Å²) in [6.07, 6.45) is 5.79. The van der Waals surface area contributed by atoms with Gasteiger partial charge in [-0.3, -0.25) is 9.78 Å². The Morgan fingerprint density at radius 2 is 1.95 bits per heavy atom. The molecule has 1 heterocycles. The lowest BCUT2D eigenvalue weighted by molar-refractivity contribution is 0.0987. The maximum Gasteiger partial charge on any atom is 0.185 e.